The minimum absolute atomic E-state index is 0.0686. The van der Waals surface area contributed by atoms with Crippen LogP contribution in [0.15, 0.2) is 17.8 Å². The maximum atomic E-state index is 12.5. The summed E-state index contributed by atoms with van der Waals surface area (Å²) in [5.41, 5.74) is 2.09. The smallest absolute Gasteiger partial charge is 0.256 e. The first-order valence-corrected chi connectivity index (χ1v) is 8.85. The van der Waals surface area contributed by atoms with Crippen molar-refractivity contribution in [2.45, 2.75) is 19.8 Å². The van der Waals surface area contributed by atoms with Crippen LogP contribution in [0.5, 0.6) is 0 Å². The van der Waals surface area contributed by atoms with Gasteiger partial charge in [-0.3, -0.25) is 14.3 Å². The maximum Gasteiger partial charge on any atom is 0.256 e. The zero-order valence-corrected chi connectivity index (χ0v) is 14.7. The lowest BCUT2D eigenvalue weighted by Gasteiger charge is -2.32. The van der Waals surface area contributed by atoms with E-state index in [0.717, 1.165) is 31.6 Å². The van der Waals surface area contributed by atoms with Gasteiger partial charge in [-0.2, -0.15) is 9.47 Å². The van der Waals surface area contributed by atoms with E-state index in [1.54, 1.807) is 24.1 Å². The Balaban J connectivity index is 1.46. The predicted molar refractivity (Wildman–Crippen MR) is 91.0 cm³/mol. The van der Waals surface area contributed by atoms with E-state index >= 15 is 0 Å². The highest BCUT2D eigenvalue weighted by atomic mass is 32.1. The molecule has 0 aliphatic carbocycles. The van der Waals surface area contributed by atoms with Gasteiger partial charge in [0.2, 0.25) is 0 Å². The topological polar surface area (TPSA) is 80.1 Å². The van der Waals surface area contributed by atoms with Gasteiger partial charge in [0.25, 0.3) is 11.8 Å². The van der Waals surface area contributed by atoms with Gasteiger partial charge in [-0.1, -0.05) is 0 Å². The summed E-state index contributed by atoms with van der Waals surface area (Å²) >= 11 is 1.32. The summed E-state index contributed by atoms with van der Waals surface area (Å²) in [7, 11) is 1.79. The van der Waals surface area contributed by atoms with E-state index in [-0.39, 0.29) is 11.8 Å². The van der Waals surface area contributed by atoms with E-state index in [0.29, 0.717) is 23.6 Å². The van der Waals surface area contributed by atoms with Crippen molar-refractivity contribution in [3.8, 4) is 0 Å². The monoisotopic (exact) mass is 347 g/mol. The third-order valence-corrected chi connectivity index (χ3v) is 5.12. The molecule has 1 aliphatic rings. The minimum Gasteiger partial charge on any atom is -0.352 e. The van der Waals surface area contributed by atoms with Crippen LogP contribution in [0.25, 0.3) is 0 Å². The molecule has 1 fully saturated rings. The highest BCUT2D eigenvalue weighted by Gasteiger charge is 2.25. The van der Waals surface area contributed by atoms with Gasteiger partial charge >= 0.3 is 0 Å². The molecular weight excluding hydrogens is 326 g/mol. The molecule has 24 heavy (non-hydrogen) atoms. The first-order valence-electron chi connectivity index (χ1n) is 8.01. The molecule has 1 N–H and O–H groups in total. The molecule has 0 atom stereocenters. The summed E-state index contributed by atoms with van der Waals surface area (Å²) in [6, 6.07) is 0. The molecule has 8 heteroatoms. The molecule has 2 aromatic heterocycles. The van der Waals surface area contributed by atoms with Crippen LogP contribution in [-0.4, -0.2) is 50.5 Å². The summed E-state index contributed by atoms with van der Waals surface area (Å²) in [4.78, 5) is 26.4. The molecule has 0 radical (unpaired) electrons. The molecule has 2 amide bonds. The van der Waals surface area contributed by atoms with Crippen LogP contribution in [0.3, 0.4) is 0 Å². The van der Waals surface area contributed by atoms with Crippen LogP contribution >= 0.6 is 11.5 Å². The lowest BCUT2D eigenvalue weighted by atomic mass is 9.96. The summed E-state index contributed by atoms with van der Waals surface area (Å²) < 4.78 is 5.78. The molecule has 0 spiro atoms. The number of hydrogen-bond donors (Lipinski definition) is 1. The Morgan fingerprint density at radius 3 is 2.71 bits per heavy atom. The molecule has 0 bridgehead atoms. The summed E-state index contributed by atoms with van der Waals surface area (Å²) in [6.45, 7) is 3.95. The van der Waals surface area contributed by atoms with Crippen molar-refractivity contribution >= 4 is 23.3 Å². The largest absolute Gasteiger partial charge is 0.352 e. The molecular formula is C16H21N5O2S. The van der Waals surface area contributed by atoms with Gasteiger partial charge in [0, 0.05) is 38.3 Å². The Morgan fingerprint density at radius 2 is 2.12 bits per heavy atom. The molecule has 3 heterocycles. The summed E-state index contributed by atoms with van der Waals surface area (Å²) in [5.74, 6) is 0.372. The van der Waals surface area contributed by atoms with Crippen LogP contribution in [-0.2, 0) is 7.05 Å². The Kier molecular flexibility index (Phi) is 4.94. The highest BCUT2D eigenvalue weighted by Crippen LogP contribution is 2.20. The number of hydrogen-bond acceptors (Lipinski definition) is 5. The average Bonchev–Trinajstić information content (AvgIpc) is 3.21. The minimum atomic E-state index is -0.0958. The second kappa shape index (κ2) is 7.12. The number of aromatic nitrogens is 3. The zero-order chi connectivity index (χ0) is 17.1. The molecule has 3 rings (SSSR count). The van der Waals surface area contributed by atoms with Gasteiger partial charge in [-0.25, -0.2) is 0 Å². The van der Waals surface area contributed by atoms with Crippen molar-refractivity contribution < 1.29 is 9.59 Å². The fraction of sp³-hybridized carbons (Fsp3) is 0.500. The maximum absolute atomic E-state index is 12.5. The van der Waals surface area contributed by atoms with Gasteiger partial charge in [0.05, 0.1) is 23.0 Å². The molecule has 128 valence electrons. The SMILES string of the molecule is Cc1nscc1C(=O)N1CCC(CNC(=O)c2cnn(C)c2)CC1. The number of carbonyl (C=O) groups excluding carboxylic acids is 2. The quantitative estimate of drug-likeness (QED) is 0.908. The van der Waals surface area contributed by atoms with E-state index < -0.39 is 0 Å². The van der Waals surface area contributed by atoms with Crippen molar-refractivity contribution in [1.29, 1.82) is 0 Å². The second-order valence-electron chi connectivity index (χ2n) is 6.16. The van der Waals surface area contributed by atoms with Crippen molar-refractivity contribution in [2.24, 2.45) is 13.0 Å². The van der Waals surface area contributed by atoms with Gasteiger partial charge < -0.3 is 10.2 Å². The van der Waals surface area contributed by atoms with Crippen molar-refractivity contribution in [3.63, 3.8) is 0 Å². The van der Waals surface area contributed by atoms with Crippen LogP contribution in [0.1, 0.15) is 39.3 Å². The first kappa shape index (κ1) is 16.6. The number of nitrogens with one attached hydrogen (secondary N) is 1. The molecule has 0 aromatic carbocycles. The van der Waals surface area contributed by atoms with E-state index in [1.165, 1.54) is 11.5 Å². The molecule has 1 saturated heterocycles. The molecule has 0 unspecified atom stereocenters. The fourth-order valence-electron chi connectivity index (χ4n) is 2.89. The number of piperidine rings is 1. The van der Waals surface area contributed by atoms with E-state index in [9.17, 15) is 9.59 Å². The molecule has 1 aliphatic heterocycles. The Bertz CT molecular complexity index is 730. The van der Waals surface area contributed by atoms with Crippen LogP contribution in [0.4, 0.5) is 0 Å². The third kappa shape index (κ3) is 3.64. The number of nitrogens with zero attached hydrogens (tertiary/aromatic N) is 4. The lowest BCUT2D eigenvalue weighted by molar-refractivity contribution is 0.0684. The number of aryl methyl sites for hydroxylation is 2. The number of amides is 2. The first-order chi connectivity index (χ1) is 11.5. The predicted octanol–water partition coefficient (Wildman–Crippen LogP) is 1.47. The second-order valence-corrected chi connectivity index (χ2v) is 6.79. The standard InChI is InChI=1S/C16H21N5O2S/c1-11-14(10-24-19-11)16(23)21-5-3-12(4-6-21)7-17-15(22)13-8-18-20(2)9-13/h8-10,12H,3-7H2,1-2H3,(H,17,22). The number of rotatable bonds is 4. The summed E-state index contributed by atoms with van der Waals surface area (Å²) in [6.07, 6.45) is 5.06. The average molecular weight is 347 g/mol. The van der Waals surface area contributed by atoms with Gasteiger partial charge in [0.1, 0.15) is 0 Å². The Labute approximate surface area is 144 Å². The van der Waals surface area contributed by atoms with Crippen molar-refractivity contribution in [3.05, 3.63) is 34.6 Å². The highest BCUT2D eigenvalue weighted by molar-refractivity contribution is 7.03. The zero-order valence-electron chi connectivity index (χ0n) is 13.9. The molecule has 0 saturated carbocycles. The molecule has 7 nitrogen and oxygen atoms in total. The van der Waals surface area contributed by atoms with Crippen molar-refractivity contribution in [1.82, 2.24) is 24.4 Å². The van der Waals surface area contributed by atoms with Gasteiger partial charge in [-0.05, 0) is 37.2 Å². The molecule has 2 aromatic rings. The van der Waals surface area contributed by atoms with Gasteiger partial charge in [0.15, 0.2) is 0 Å². The van der Waals surface area contributed by atoms with E-state index in [4.69, 9.17) is 0 Å². The summed E-state index contributed by atoms with van der Waals surface area (Å²) in [5, 5.41) is 8.78. The fourth-order valence-corrected chi connectivity index (χ4v) is 3.57. The van der Waals surface area contributed by atoms with Crippen LogP contribution in [0, 0.1) is 12.8 Å². The van der Waals surface area contributed by atoms with E-state index in [2.05, 4.69) is 14.8 Å². The lowest BCUT2D eigenvalue weighted by Crippen LogP contribution is -2.41. The normalized spacial score (nSPS) is 15.5. The Hall–Kier alpha value is -2.22. The Morgan fingerprint density at radius 1 is 1.38 bits per heavy atom. The third-order valence-electron chi connectivity index (χ3n) is 4.40. The number of likely N-dealkylation sites (tertiary alicyclic amines) is 1. The van der Waals surface area contributed by atoms with Crippen LogP contribution < -0.4 is 5.32 Å². The number of carbonyl (C=O) groups is 2. The van der Waals surface area contributed by atoms with Crippen molar-refractivity contribution in [2.75, 3.05) is 19.6 Å². The van der Waals surface area contributed by atoms with E-state index in [1.807, 2.05) is 17.2 Å². The van der Waals surface area contributed by atoms with Gasteiger partial charge in [-0.15, -0.1) is 0 Å². The van der Waals surface area contributed by atoms with Crippen LogP contribution in [0.2, 0.25) is 0 Å².